The quantitative estimate of drug-likeness (QED) is 0.474. The van der Waals surface area contributed by atoms with Crippen molar-refractivity contribution in [1.29, 1.82) is 0 Å². The molecule has 0 radical (unpaired) electrons. The molecule has 2 saturated carbocycles. The van der Waals surface area contributed by atoms with E-state index in [1.54, 1.807) is 0 Å². The standard InChI is InChI=1S/C12H18O2/c1-8-6-11(14-9(2)13)7-10-4-3-5-12(8)10/h10-12H,1,3-7H2,2H3. The van der Waals surface area contributed by atoms with Gasteiger partial charge >= 0.3 is 5.97 Å². The number of esters is 1. The molecule has 0 spiro atoms. The molecule has 0 heterocycles. The number of hydrogen-bond donors (Lipinski definition) is 0. The molecule has 2 rings (SSSR count). The van der Waals surface area contributed by atoms with Gasteiger partial charge in [-0.25, -0.2) is 0 Å². The minimum atomic E-state index is -0.153. The van der Waals surface area contributed by atoms with Gasteiger partial charge in [0.05, 0.1) is 0 Å². The van der Waals surface area contributed by atoms with Crippen molar-refractivity contribution in [1.82, 2.24) is 0 Å². The van der Waals surface area contributed by atoms with Crippen LogP contribution in [0.25, 0.3) is 0 Å². The first kappa shape index (κ1) is 9.75. The summed E-state index contributed by atoms with van der Waals surface area (Å²) in [6.07, 6.45) is 5.97. The van der Waals surface area contributed by atoms with Crippen LogP contribution in [0.1, 0.15) is 39.0 Å². The molecule has 78 valence electrons. The van der Waals surface area contributed by atoms with E-state index in [1.807, 2.05) is 0 Å². The van der Waals surface area contributed by atoms with Crippen LogP contribution < -0.4 is 0 Å². The topological polar surface area (TPSA) is 26.3 Å². The summed E-state index contributed by atoms with van der Waals surface area (Å²) in [6.45, 7) is 5.61. The summed E-state index contributed by atoms with van der Waals surface area (Å²) < 4.78 is 5.27. The number of fused-ring (bicyclic) bond motifs is 1. The molecule has 0 amide bonds. The Morgan fingerprint density at radius 1 is 1.50 bits per heavy atom. The van der Waals surface area contributed by atoms with E-state index in [-0.39, 0.29) is 12.1 Å². The van der Waals surface area contributed by atoms with E-state index in [1.165, 1.54) is 31.8 Å². The lowest BCUT2D eigenvalue weighted by Crippen LogP contribution is -2.29. The highest BCUT2D eigenvalue weighted by molar-refractivity contribution is 5.66. The SMILES string of the molecule is C=C1CC(OC(C)=O)CC2CCCC12. The lowest BCUT2D eigenvalue weighted by atomic mass is 9.77. The average molecular weight is 194 g/mol. The van der Waals surface area contributed by atoms with Crippen LogP contribution in [0.5, 0.6) is 0 Å². The maximum Gasteiger partial charge on any atom is 0.302 e. The van der Waals surface area contributed by atoms with Crippen molar-refractivity contribution in [3.63, 3.8) is 0 Å². The summed E-state index contributed by atoms with van der Waals surface area (Å²) in [5.74, 6) is 1.31. The summed E-state index contributed by atoms with van der Waals surface area (Å²) >= 11 is 0. The zero-order valence-electron chi connectivity index (χ0n) is 8.79. The summed E-state index contributed by atoms with van der Waals surface area (Å²) in [5.41, 5.74) is 1.31. The first-order valence-corrected chi connectivity index (χ1v) is 5.51. The third kappa shape index (κ3) is 1.84. The fraction of sp³-hybridized carbons (Fsp3) is 0.750. The Kier molecular flexibility index (Phi) is 2.62. The van der Waals surface area contributed by atoms with Crippen LogP contribution in [-0.2, 0) is 9.53 Å². The van der Waals surface area contributed by atoms with Crippen molar-refractivity contribution in [2.75, 3.05) is 0 Å². The second-order valence-corrected chi connectivity index (χ2v) is 4.63. The smallest absolute Gasteiger partial charge is 0.302 e. The zero-order chi connectivity index (χ0) is 10.1. The van der Waals surface area contributed by atoms with E-state index < -0.39 is 0 Å². The van der Waals surface area contributed by atoms with Gasteiger partial charge in [0, 0.05) is 13.3 Å². The lowest BCUT2D eigenvalue weighted by molar-refractivity contribution is -0.147. The normalized spacial score (nSPS) is 36.6. The van der Waals surface area contributed by atoms with Crippen molar-refractivity contribution < 1.29 is 9.53 Å². The van der Waals surface area contributed by atoms with Crippen molar-refractivity contribution in [3.8, 4) is 0 Å². The second kappa shape index (κ2) is 3.76. The van der Waals surface area contributed by atoms with Gasteiger partial charge in [0.1, 0.15) is 6.10 Å². The largest absolute Gasteiger partial charge is 0.462 e. The predicted molar refractivity (Wildman–Crippen MR) is 54.8 cm³/mol. The van der Waals surface area contributed by atoms with Crippen molar-refractivity contribution in [2.45, 2.75) is 45.1 Å². The molecule has 0 aromatic carbocycles. The Hall–Kier alpha value is -0.790. The third-order valence-corrected chi connectivity index (χ3v) is 3.57. The van der Waals surface area contributed by atoms with Gasteiger partial charge in [-0.15, -0.1) is 0 Å². The lowest BCUT2D eigenvalue weighted by Gasteiger charge is -2.33. The van der Waals surface area contributed by atoms with Gasteiger partial charge in [0.25, 0.3) is 0 Å². The molecule has 0 saturated heterocycles. The molecule has 0 N–H and O–H groups in total. The Morgan fingerprint density at radius 2 is 2.29 bits per heavy atom. The number of hydrogen-bond acceptors (Lipinski definition) is 2. The number of carbonyl (C=O) groups is 1. The summed E-state index contributed by atoms with van der Waals surface area (Å²) in [7, 11) is 0. The van der Waals surface area contributed by atoms with E-state index >= 15 is 0 Å². The average Bonchev–Trinajstić information content (AvgIpc) is 2.50. The fourth-order valence-electron chi connectivity index (χ4n) is 3.05. The van der Waals surface area contributed by atoms with Crippen LogP contribution in [0.15, 0.2) is 12.2 Å². The van der Waals surface area contributed by atoms with Crippen molar-refractivity contribution >= 4 is 5.97 Å². The van der Waals surface area contributed by atoms with E-state index in [0.717, 1.165) is 24.7 Å². The number of rotatable bonds is 1. The second-order valence-electron chi connectivity index (χ2n) is 4.63. The molecule has 2 heteroatoms. The van der Waals surface area contributed by atoms with Crippen LogP contribution in [0.4, 0.5) is 0 Å². The van der Waals surface area contributed by atoms with Crippen LogP contribution in [0.3, 0.4) is 0 Å². The first-order valence-electron chi connectivity index (χ1n) is 5.51. The van der Waals surface area contributed by atoms with Crippen LogP contribution >= 0.6 is 0 Å². The van der Waals surface area contributed by atoms with Crippen LogP contribution in [-0.4, -0.2) is 12.1 Å². The Labute approximate surface area is 85.3 Å². The monoisotopic (exact) mass is 194 g/mol. The molecular formula is C12H18O2. The van der Waals surface area contributed by atoms with E-state index in [2.05, 4.69) is 6.58 Å². The predicted octanol–water partition coefficient (Wildman–Crippen LogP) is 2.68. The highest BCUT2D eigenvalue weighted by Crippen LogP contribution is 2.45. The Bertz CT molecular complexity index is 257. The molecule has 0 aliphatic heterocycles. The van der Waals surface area contributed by atoms with Crippen molar-refractivity contribution in [2.24, 2.45) is 11.8 Å². The summed E-state index contributed by atoms with van der Waals surface area (Å²) in [5, 5.41) is 0. The number of carbonyl (C=O) groups excluding carboxylic acids is 1. The van der Waals surface area contributed by atoms with Gasteiger partial charge in [-0.05, 0) is 31.1 Å². The molecule has 3 unspecified atom stereocenters. The van der Waals surface area contributed by atoms with Crippen LogP contribution in [0.2, 0.25) is 0 Å². The fourth-order valence-corrected chi connectivity index (χ4v) is 3.05. The summed E-state index contributed by atoms with van der Waals surface area (Å²) in [6, 6.07) is 0. The molecule has 2 fully saturated rings. The van der Waals surface area contributed by atoms with Crippen molar-refractivity contribution in [3.05, 3.63) is 12.2 Å². The zero-order valence-corrected chi connectivity index (χ0v) is 8.79. The van der Waals surface area contributed by atoms with Gasteiger partial charge in [0.15, 0.2) is 0 Å². The van der Waals surface area contributed by atoms with Crippen LogP contribution in [0, 0.1) is 11.8 Å². The molecule has 2 aliphatic carbocycles. The summed E-state index contributed by atoms with van der Waals surface area (Å²) in [4.78, 5) is 10.9. The highest BCUT2D eigenvalue weighted by Gasteiger charge is 2.37. The molecule has 2 aliphatic rings. The minimum absolute atomic E-state index is 0.111. The van der Waals surface area contributed by atoms with Gasteiger partial charge in [-0.1, -0.05) is 18.6 Å². The highest BCUT2D eigenvalue weighted by atomic mass is 16.5. The Balaban J connectivity index is 1.98. The molecule has 2 nitrogen and oxygen atoms in total. The van der Waals surface area contributed by atoms with Gasteiger partial charge in [0.2, 0.25) is 0 Å². The molecule has 0 bridgehead atoms. The molecule has 14 heavy (non-hydrogen) atoms. The minimum Gasteiger partial charge on any atom is -0.462 e. The van der Waals surface area contributed by atoms with Gasteiger partial charge < -0.3 is 4.74 Å². The molecular weight excluding hydrogens is 176 g/mol. The van der Waals surface area contributed by atoms with E-state index in [4.69, 9.17) is 4.74 Å². The molecule has 0 aromatic rings. The Morgan fingerprint density at radius 3 is 3.00 bits per heavy atom. The molecule has 3 atom stereocenters. The maximum atomic E-state index is 10.9. The molecule has 0 aromatic heterocycles. The maximum absolute atomic E-state index is 10.9. The number of ether oxygens (including phenoxy) is 1. The van der Waals surface area contributed by atoms with Gasteiger partial charge in [-0.2, -0.15) is 0 Å². The third-order valence-electron chi connectivity index (χ3n) is 3.57. The first-order chi connectivity index (χ1) is 6.66. The van der Waals surface area contributed by atoms with E-state index in [0.29, 0.717) is 0 Å². The van der Waals surface area contributed by atoms with Gasteiger partial charge in [-0.3, -0.25) is 4.79 Å². The van der Waals surface area contributed by atoms with E-state index in [9.17, 15) is 4.79 Å².